The molecule has 0 spiro atoms. The molecule has 8 nitrogen and oxygen atoms in total. The van der Waals surface area contributed by atoms with Gasteiger partial charge in [0.05, 0.1) is 36.6 Å². The SMILES string of the molecule is CCOC(=O)C1=C(C)N=c2s/c(=C\c3cc(C)n(-c4ccc(F)cc4)c3C)c(=O)n2[C@@H]1c1cc(OC)ccc1OC. The third-order valence-corrected chi connectivity index (χ3v) is 8.07. The molecule has 0 N–H and O–H groups in total. The summed E-state index contributed by atoms with van der Waals surface area (Å²) in [6.07, 6.45) is 1.83. The number of thiazole rings is 1. The van der Waals surface area contributed by atoms with Crippen molar-refractivity contribution in [2.45, 2.75) is 33.7 Å². The van der Waals surface area contributed by atoms with E-state index in [4.69, 9.17) is 14.2 Å². The van der Waals surface area contributed by atoms with Gasteiger partial charge in [-0.05, 0) is 87.9 Å². The van der Waals surface area contributed by atoms with Crippen LogP contribution in [0.2, 0.25) is 0 Å². The topological polar surface area (TPSA) is 84.1 Å². The molecular formula is C31H30FN3O5S. The lowest BCUT2D eigenvalue weighted by Gasteiger charge is -2.26. The summed E-state index contributed by atoms with van der Waals surface area (Å²) in [5, 5.41) is 0. The molecule has 0 amide bonds. The number of allylic oxidation sites excluding steroid dienone is 1. The maximum Gasteiger partial charge on any atom is 0.338 e. The zero-order valence-electron chi connectivity index (χ0n) is 23.6. The number of carbonyl (C=O) groups is 1. The Labute approximate surface area is 240 Å². The highest BCUT2D eigenvalue weighted by Gasteiger charge is 2.35. The number of nitrogens with zero attached hydrogens (tertiary/aromatic N) is 3. The van der Waals surface area contributed by atoms with E-state index in [-0.39, 0.29) is 23.6 Å². The number of esters is 1. The Balaban J connectivity index is 1.73. The zero-order chi connectivity index (χ0) is 29.4. The van der Waals surface area contributed by atoms with Crippen LogP contribution in [0.25, 0.3) is 11.8 Å². The van der Waals surface area contributed by atoms with Crippen molar-refractivity contribution in [3.8, 4) is 17.2 Å². The van der Waals surface area contributed by atoms with Gasteiger partial charge in [0.25, 0.3) is 5.56 Å². The number of hydrogen-bond donors (Lipinski definition) is 0. The molecule has 5 rings (SSSR count). The van der Waals surface area contributed by atoms with Gasteiger partial charge in [-0.15, -0.1) is 0 Å². The standard InChI is InChI=1S/C31H30FN3O5S/c1-7-40-30(37)27-18(3)33-31-35(28(27)24-16-23(38-5)12-13-25(24)39-6)29(36)26(41-31)15-20-14-17(2)34(19(20)4)22-10-8-21(32)9-11-22/h8-16,28H,7H2,1-6H3/b26-15-/t28-/m1/s1. The van der Waals surface area contributed by atoms with Crippen LogP contribution in [0.5, 0.6) is 11.5 Å². The second-order valence-corrected chi connectivity index (χ2v) is 10.6. The molecule has 0 aliphatic carbocycles. The molecule has 0 fully saturated rings. The highest BCUT2D eigenvalue weighted by atomic mass is 32.1. The normalized spacial score (nSPS) is 15.0. The van der Waals surface area contributed by atoms with Crippen molar-refractivity contribution in [3.63, 3.8) is 0 Å². The fourth-order valence-corrected chi connectivity index (χ4v) is 6.24. The molecule has 0 saturated carbocycles. The number of methoxy groups -OCH3 is 2. The van der Waals surface area contributed by atoms with Crippen molar-refractivity contribution in [2.75, 3.05) is 20.8 Å². The van der Waals surface area contributed by atoms with Gasteiger partial charge in [0.2, 0.25) is 0 Å². The lowest BCUT2D eigenvalue weighted by Crippen LogP contribution is -2.40. The van der Waals surface area contributed by atoms with Gasteiger partial charge in [-0.1, -0.05) is 11.3 Å². The van der Waals surface area contributed by atoms with Gasteiger partial charge in [0, 0.05) is 22.6 Å². The van der Waals surface area contributed by atoms with E-state index in [1.807, 2.05) is 30.6 Å². The quantitative estimate of drug-likeness (QED) is 0.306. The van der Waals surface area contributed by atoms with E-state index >= 15 is 0 Å². The van der Waals surface area contributed by atoms with Crippen LogP contribution in [-0.2, 0) is 9.53 Å². The van der Waals surface area contributed by atoms with Crippen molar-refractivity contribution in [2.24, 2.45) is 4.99 Å². The van der Waals surface area contributed by atoms with Crippen LogP contribution >= 0.6 is 11.3 Å². The summed E-state index contributed by atoms with van der Waals surface area (Å²) in [6, 6.07) is 12.7. The summed E-state index contributed by atoms with van der Waals surface area (Å²) >= 11 is 1.24. The molecule has 4 aromatic rings. The largest absolute Gasteiger partial charge is 0.497 e. The van der Waals surface area contributed by atoms with Crippen molar-refractivity contribution < 1.29 is 23.4 Å². The molecule has 0 bridgehead atoms. The number of rotatable bonds is 7. The van der Waals surface area contributed by atoms with E-state index < -0.39 is 12.0 Å². The van der Waals surface area contributed by atoms with Crippen LogP contribution in [0.1, 0.15) is 42.4 Å². The molecule has 1 aliphatic heterocycles. The lowest BCUT2D eigenvalue weighted by molar-refractivity contribution is -0.139. The Kier molecular flexibility index (Phi) is 7.68. The number of carbonyl (C=O) groups excluding carboxylic acids is 1. The Morgan fingerprint density at radius 1 is 1.07 bits per heavy atom. The third-order valence-electron chi connectivity index (χ3n) is 7.09. The van der Waals surface area contributed by atoms with Crippen LogP contribution in [0.3, 0.4) is 0 Å². The molecule has 41 heavy (non-hydrogen) atoms. The summed E-state index contributed by atoms with van der Waals surface area (Å²) in [4.78, 5) is 32.4. The van der Waals surface area contributed by atoms with Gasteiger partial charge in [-0.25, -0.2) is 14.2 Å². The summed E-state index contributed by atoms with van der Waals surface area (Å²) in [5.41, 5.74) is 4.49. The first-order valence-electron chi connectivity index (χ1n) is 13.0. The Bertz CT molecular complexity index is 1860. The third kappa shape index (κ3) is 4.99. The summed E-state index contributed by atoms with van der Waals surface area (Å²) in [5.74, 6) is 0.178. The second-order valence-electron chi connectivity index (χ2n) is 9.55. The molecule has 1 atom stereocenters. The van der Waals surface area contributed by atoms with E-state index in [0.29, 0.717) is 32.1 Å². The molecule has 2 aromatic heterocycles. The number of ether oxygens (including phenoxy) is 3. The smallest absolute Gasteiger partial charge is 0.338 e. The molecular weight excluding hydrogens is 545 g/mol. The number of halogens is 1. The highest BCUT2D eigenvalue weighted by molar-refractivity contribution is 7.07. The van der Waals surface area contributed by atoms with Crippen molar-refractivity contribution >= 4 is 23.4 Å². The summed E-state index contributed by atoms with van der Waals surface area (Å²) in [7, 11) is 3.08. The highest BCUT2D eigenvalue weighted by Crippen LogP contribution is 2.37. The van der Waals surface area contributed by atoms with Crippen LogP contribution in [0.4, 0.5) is 4.39 Å². The number of aromatic nitrogens is 2. The molecule has 2 aromatic carbocycles. The van der Waals surface area contributed by atoms with Gasteiger partial charge in [0.15, 0.2) is 4.80 Å². The Hall–Kier alpha value is -4.44. The van der Waals surface area contributed by atoms with Gasteiger partial charge >= 0.3 is 5.97 Å². The fraction of sp³-hybridized carbons (Fsp3) is 0.258. The molecule has 3 heterocycles. The minimum absolute atomic E-state index is 0.172. The zero-order valence-corrected chi connectivity index (χ0v) is 24.5. The van der Waals surface area contributed by atoms with Gasteiger partial charge in [-0.2, -0.15) is 0 Å². The van der Waals surface area contributed by atoms with Crippen LogP contribution in [-0.4, -0.2) is 35.9 Å². The molecule has 212 valence electrons. The lowest BCUT2D eigenvalue weighted by atomic mass is 9.94. The monoisotopic (exact) mass is 575 g/mol. The molecule has 0 radical (unpaired) electrons. The average molecular weight is 576 g/mol. The van der Waals surface area contributed by atoms with Crippen molar-refractivity contribution in [1.82, 2.24) is 9.13 Å². The van der Waals surface area contributed by atoms with E-state index in [0.717, 1.165) is 22.6 Å². The first-order valence-corrected chi connectivity index (χ1v) is 13.9. The van der Waals surface area contributed by atoms with E-state index in [9.17, 15) is 14.0 Å². The molecule has 10 heteroatoms. The van der Waals surface area contributed by atoms with Gasteiger partial charge in [-0.3, -0.25) is 9.36 Å². The fourth-order valence-electron chi connectivity index (χ4n) is 5.20. The Morgan fingerprint density at radius 3 is 2.46 bits per heavy atom. The van der Waals surface area contributed by atoms with E-state index in [1.165, 1.54) is 35.1 Å². The Morgan fingerprint density at radius 2 is 1.80 bits per heavy atom. The number of benzene rings is 2. The van der Waals surface area contributed by atoms with Crippen LogP contribution in [0.15, 0.2) is 69.6 Å². The predicted octanol–water partition coefficient (Wildman–Crippen LogP) is 4.36. The minimum Gasteiger partial charge on any atom is -0.497 e. The van der Waals surface area contributed by atoms with Crippen LogP contribution < -0.4 is 24.4 Å². The average Bonchev–Trinajstić information content (AvgIpc) is 3.41. The van der Waals surface area contributed by atoms with E-state index in [1.54, 1.807) is 51.3 Å². The summed E-state index contributed by atoms with van der Waals surface area (Å²) in [6.45, 7) is 7.54. The van der Waals surface area contributed by atoms with Crippen molar-refractivity contribution in [3.05, 3.63) is 108 Å². The first kappa shape index (κ1) is 28.1. The molecule has 0 unspecified atom stereocenters. The number of aryl methyl sites for hydroxylation is 1. The minimum atomic E-state index is -0.843. The van der Waals surface area contributed by atoms with Crippen LogP contribution in [0, 0.1) is 19.7 Å². The second kappa shape index (κ2) is 11.2. The number of fused-ring (bicyclic) bond motifs is 1. The number of hydrogen-bond acceptors (Lipinski definition) is 7. The maximum absolute atomic E-state index is 14.1. The first-order chi connectivity index (χ1) is 19.7. The maximum atomic E-state index is 14.1. The summed E-state index contributed by atoms with van der Waals surface area (Å²) < 4.78 is 34.0. The molecule has 1 aliphatic rings. The molecule has 0 saturated heterocycles. The van der Waals surface area contributed by atoms with E-state index in [2.05, 4.69) is 4.99 Å². The predicted molar refractivity (Wildman–Crippen MR) is 155 cm³/mol. The van der Waals surface area contributed by atoms with Gasteiger partial charge < -0.3 is 18.8 Å². The van der Waals surface area contributed by atoms with Gasteiger partial charge in [0.1, 0.15) is 23.4 Å². The van der Waals surface area contributed by atoms with Crippen molar-refractivity contribution in [1.29, 1.82) is 0 Å².